The van der Waals surface area contributed by atoms with Gasteiger partial charge in [0.2, 0.25) is 10.0 Å². The number of carbonyl (C=O) groups excluding carboxylic acids is 2. The van der Waals surface area contributed by atoms with Gasteiger partial charge in [0.05, 0.1) is 36.3 Å². The molecule has 2 aromatic rings. The topological polar surface area (TPSA) is 113 Å². The first-order valence-electron chi connectivity index (χ1n) is 11.3. The summed E-state index contributed by atoms with van der Waals surface area (Å²) in [6, 6.07) is 12.3. The lowest BCUT2D eigenvalue weighted by Crippen LogP contribution is -2.40. The SMILES string of the molecule is COCCN1C(=O)C(=O)/C(=C(/O)c2ccc(S(=O)(=O)N3CCOCC3)cc2)[C@@H]1c1ccc(C)cc1. The van der Waals surface area contributed by atoms with Gasteiger partial charge >= 0.3 is 0 Å². The van der Waals surface area contributed by atoms with Crippen molar-refractivity contribution in [3.05, 3.63) is 70.8 Å². The van der Waals surface area contributed by atoms with E-state index in [-0.39, 0.29) is 48.0 Å². The third kappa shape index (κ3) is 4.87. The summed E-state index contributed by atoms with van der Waals surface area (Å²) in [7, 11) is -2.20. The number of benzene rings is 2. The number of aryl methyl sites for hydroxylation is 1. The summed E-state index contributed by atoms with van der Waals surface area (Å²) in [6.45, 7) is 3.53. The molecule has 0 aliphatic carbocycles. The van der Waals surface area contributed by atoms with Gasteiger partial charge in [-0.15, -0.1) is 0 Å². The van der Waals surface area contributed by atoms with Crippen molar-refractivity contribution in [2.24, 2.45) is 0 Å². The number of rotatable bonds is 7. The molecule has 0 aromatic heterocycles. The van der Waals surface area contributed by atoms with Crippen molar-refractivity contribution in [3.63, 3.8) is 0 Å². The smallest absolute Gasteiger partial charge is 0.295 e. The van der Waals surface area contributed by atoms with Gasteiger partial charge < -0.3 is 19.5 Å². The van der Waals surface area contributed by atoms with Crippen LogP contribution in [0.2, 0.25) is 0 Å². The summed E-state index contributed by atoms with van der Waals surface area (Å²) in [5.41, 5.74) is 1.89. The Balaban J connectivity index is 1.73. The fourth-order valence-electron chi connectivity index (χ4n) is 4.27. The van der Waals surface area contributed by atoms with Gasteiger partial charge in [-0.3, -0.25) is 9.59 Å². The molecule has 10 heteroatoms. The second-order valence-corrected chi connectivity index (χ2v) is 10.4. The number of sulfonamides is 1. The quantitative estimate of drug-likeness (QED) is 0.352. The second kappa shape index (κ2) is 10.3. The number of nitrogens with zero attached hydrogens (tertiary/aromatic N) is 2. The molecule has 2 aromatic carbocycles. The standard InChI is InChI=1S/C25H28N2O7S/c1-17-3-5-18(6-4-17)22-21(24(29)25(30)27(22)13-14-33-2)23(28)19-7-9-20(10-8-19)35(31,32)26-11-15-34-16-12-26/h3-10,22,28H,11-16H2,1-2H3/b23-21+/t22-/m0/s1. The van der Waals surface area contributed by atoms with E-state index >= 15 is 0 Å². The number of hydrogen-bond acceptors (Lipinski definition) is 7. The maximum absolute atomic E-state index is 13.0. The van der Waals surface area contributed by atoms with Crippen LogP contribution in [0.5, 0.6) is 0 Å². The highest BCUT2D eigenvalue weighted by atomic mass is 32.2. The molecule has 1 atom stereocenters. The van der Waals surface area contributed by atoms with Crippen LogP contribution in [-0.2, 0) is 29.1 Å². The fraction of sp³-hybridized carbons (Fsp3) is 0.360. The van der Waals surface area contributed by atoms with Gasteiger partial charge in [0.25, 0.3) is 11.7 Å². The lowest BCUT2D eigenvalue weighted by Gasteiger charge is -2.26. The van der Waals surface area contributed by atoms with E-state index in [9.17, 15) is 23.1 Å². The van der Waals surface area contributed by atoms with E-state index in [0.29, 0.717) is 18.8 Å². The average molecular weight is 501 g/mol. The first-order valence-corrected chi connectivity index (χ1v) is 12.7. The number of amides is 1. The zero-order valence-electron chi connectivity index (χ0n) is 19.6. The van der Waals surface area contributed by atoms with Crippen LogP contribution in [0.1, 0.15) is 22.7 Å². The monoisotopic (exact) mass is 500 g/mol. The van der Waals surface area contributed by atoms with Crippen LogP contribution in [0.15, 0.2) is 59.0 Å². The van der Waals surface area contributed by atoms with E-state index in [0.717, 1.165) is 5.56 Å². The summed E-state index contributed by atoms with van der Waals surface area (Å²) in [6.07, 6.45) is 0. The maximum atomic E-state index is 13.0. The summed E-state index contributed by atoms with van der Waals surface area (Å²) in [5.74, 6) is -1.88. The van der Waals surface area contributed by atoms with E-state index < -0.39 is 27.8 Å². The van der Waals surface area contributed by atoms with E-state index in [2.05, 4.69) is 0 Å². The molecular formula is C25H28N2O7S. The molecule has 2 fully saturated rings. The van der Waals surface area contributed by atoms with Crippen molar-refractivity contribution >= 4 is 27.5 Å². The van der Waals surface area contributed by atoms with Crippen molar-refractivity contribution in [1.29, 1.82) is 0 Å². The highest BCUT2D eigenvalue weighted by Crippen LogP contribution is 2.39. The average Bonchev–Trinajstić information content (AvgIpc) is 3.13. The van der Waals surface area contributed by atoms with Crippen molar-refractivity contribution in [1.82, 2.24) is 9.21 Å². The number of likely N-dealkylation sites (tertiary alicyclic amines) is 1. The summed E-state index contributed by atoms with van der Waals surface area (Å²) >= 11 is 0. The van der Waals surface area contributed by atoms with Gasteiger partial charge in [-0.05, 0) is 36.8 Å². The Hall–Kier alpha value is -3.05. The minimum absolute atomic E-state index is 0.0428. The number of methoxy groups -OCH3 is 1. The molecule has 2 aliphatic rings. The Bertz CT molecular complexity index is 1230. The number of aliphatic hydroxyl groups is 1. The van der Waals surface area contributed by atoms with Crippen LogP contribution in [0, 0.1) is 6.92 Å². The molecule has 186 valence electrons. The number of carbonyl (C=O) groups is 2. The van der Waals surface area contributed by atoms with Gasteiger partial charge in [0.15, 0.2) is 0 Å². The molecule has 4 rings (SSSR count). The zero-order valence-corrected chi connectivity index (χ0v) is 20.5. The zero-order chi connectivity index (χ0) is 25.2. The first kappa shape index (κ1) is 25.1. The van der Waals surface area contributed by atoms with Crippen molar-refractivity contribution in [3.8, 4) is 0 Å². The minimum Gasteiger partial charge on any atom is -0.507 e. The van der Waals surface area contributed by atoms with E-state index in [1.54, 1.807) is 0 Å². The van der Waals surface area contributed by atoms with E-state index in [4.69, 9.17) is 9.47 Å². The molecule has 0 unspecified atom stereocenters. The lowest BCUT2D eigenvalue weighted by molar-refractivity contribution is -0.140. The van der Waals surface area contributed by atoms with E-state index in [1.807, 2.05) is 31.2 Å². The number of ether oxygens (including phenoxy) is 2. The predicted molar refractivity (Wildman–Crippen MR) is 128 cm³/mol. The summed E-state index contributed by atoms with van der Waals surface area (Å²) in [5, 5.41) is 11.2. The largest absolute Gasteiger partial charge is 0.507 e. The van der Waals surface area contributed by atoms with Gasteiger partial charge in [-0.1, -0.05) is 29.8 Å². The third-order valence-electron chi connectivity index (χ3n) is 6.20. The number of morpholine rings is 1. The van der Waals surface area contributed by atoms with Gasteiger partial charge in [0, 0.05) is 32.3 Å². The Kier molecular flexibility index (Phi) is 7.36. The van der Waals surface area contributed by atoms with Crippen LogP contribution < -0.4 is 0 Å². The number of Topliss-reactive ketones (excluding diaryl/α,β-unsaturated/α-hetero) is 1. The number of hydrogen-bond donors (Lipinski definition) is 1. The van der Waals surface area contributed by atoms with Gasteiger partial charge in [-0.25, -0.2) is 8.42 Å². The van der Waals surface area contributed by atoms with Crippen LogP contribution in [0.4, 0.5) is 0 Å². The van der Waals surface area contributed by atoms with Crippen molar-refractivity contribution < 1.29 is 32.6 Å². The molecule has 0 spiro atoms. The number of aliphatic hydroxyl groups excluding tert-OH is 1. The molecule has 1 N–H and O–H groups in total. The Labute approximate surface area is 204 Å². The molecule has 2 aliphatic heterocycles. The molecule has 35 heavy (non-hydrogen) atoms. The third-order valence-corrected chi connectivity index (χ3v) is 8.12. The van der Waals surface area contributed by atoms with Gasteiger partial charge in [-0.2, -0.15) is 4.31 Å². The first-order chi connectivity index (χ1) is 16.8. The molecular weight excluding hydrogens is 472 g/mol. The molecule has 0 saturated carbocycles. The van der Waals surface area contributed by atoms with E-state index in [1.165, 1.54) is 40.6 Å². The normalized spacial score (nSPS) is 21.0. The van der Waals surface area contributed by atoms with Crippen LogP contribution in [0.25, 0.3) is 5.76 Å². The Morgan fingerprint density at radius 3 is 2.29 bits per heavy atom. The molecule has 2 saturated heterocycles. The minimum atomic E-state index is -3.71. The van der Waals surface area contributed by atoms with Gasteiger partial charge in [0.1, 0.15) is 5.76 Å². The molecule has 1 amide bonds. The molecule has 2 heterocycles. The summed E-state index contributed by atoms with van der Waals surface area (Å²) in [4.78, 5) is 27.3. The lowest BCUT2D eigenvalue weighted by atomic mass is 9.95. The highest BCUT2D eigenvalue weighted by Gasteiger charge is 2.45. The van der Waals surface area contributed by atoms with Crippen molar-refractivity contribution in [2.75, 3.05) is 46.6 Å². The highest BCUT2D eigenvalue weighted by molar-refractivity contribution is 7.89. The molecule has 0 radical (unpaired) electrons. The van der Waals surface area contributed by atoms with Crippen LogP contribution in [-0.4, -0.2) is 81.0 Å². The number of ketones is 1. The van der Waals surface area contributed by atoms with Crippen LogP contribution in [0.3, 0.4) is 0 Å². The van der Waals surface area contributed by atoms with Crippen LogP contribution >= 0.6 is 0 Å². The molecule has 0 bridgehead atoms. The second-order valence-electron chi connectivity index (χ2n) is 8.44. The fourth-order valence-corrected chi connectivity index (χ4v) is 5.68. The summed E-state index contributed by atoms with van der Waals surface area (Å²) < 4.78 is 37.5. The Morgan fingerprint density at radius 2 is 1.69 bits per heavy atom. The maximum Gasteiger partial charge on any atom is 0.295 e. The predicted octanol–water partition coefficient (Wildman–Crippen LogP) is 2.08. The van der Waals surface area contributed by atoms with Crippen molar-refractivity contribution in [2.45, 2.75) is 17.9 Å². The Morgan fingerprint density at radius 1 is 1.06 bits per heavy atom. The molecule has 9 nitrogen and oxygen atoms in total.